The van der Waals surface area contributed by atoms with E-state index >= 15 is 0 Å². The fourth-order valence-corrected chi connectivity index (χ4v) is 3.71. The predicted molar refractivity (Wildman–Crippen MR) is 105 cm³/mol. The van der Waals surface area contributed by atoms with Crippen molar-refractivity contribution >= 4 is 17.9 Å². The number of amides is 3. The van der Waals surface area contributed by atoms with Crippen LogP contribution in [0.2, 0.25) is 0 Å². The average Bonchev–Trinajstić information content (AvgIpc) is 3.16. The highest BCUT2D eigenvalue weighted by Gasteiger charge is 2.32. The van der Waals surface area contributed by atoms with Gasteiger partial charge in [-0.25, -0.2) is 4.79 Å². The minimum Gasteiger partial charge on any atom is -0.444 e. The lowest BCUT2D eigenvalue weighted by Crippen LogP contribution is -2.50. The van der Waals surface area contributed by atoms with Crippen LogP contribution in [0.25, 0.3) is 0 Å². The minimum absolute atomic E-state index is 0.121. The normalized spacial score (nSPS) is 21.1. The van der Waals surface area contributed by atoms with Gasteiger partial charge >= 0.3 is 6.09 Å². The Balaban J connectivity index is 1.63. The Labute approximate surface area is 170 Å². The molecule has 0 radical (unpaired) electrons. The van der Waals surface area contributed by atoms with Gasteiger partial charge in [0.2, 0.25) is 5.91 Å². The molecule has 1 aromatic heterocycles. The summed E-state index contributed by atoms with van der Waals surface area (Å²) < 4.78 is 12.7. The molecule has 3 heterocycles. The summed E-state index contributed by atoms with van der Waals surface area (Å²) in [5.41, 5.74) is 5.38. The molecule has 1 aromatic rings. The number of carbonyl (C=O) groups is 3. The van der Waals surface area contributed by atoms with Crippen molar-refractivity contribution in [2.45, 2.75) is 51.4 Å². The van der Waals surface area contributed by atoms with E-state index in [1.807, 2.05) is 37.6 Å². The Bertz CT molecular complexity index is 761. The number of hydrogen-bond acceptors (Lipinski definition) is 5. The molecule has 0 aromatic carbocycles. The van der Waals surface area contributed by atoms with Crippen LogP contribution in [0.3, 0.4) is 0 Å². The first-order chi connectivity index (χ1) is 13.7. The molecule has 0 spiro atoms. The van der Waals surface area contributed by atoms with E-state index in [1.165, 1.54) is 0 Å². The van der Waals surface area contributed by atoms with E-state index in [1.54, 1.807) is 15.9 Å². The molecule has 3 amide bonds. The zero-order valence-electron chi connectivity index (χ0n) is 17.3. The second-order valence-corrected chi connectivity index (χ2v) is 8.51. The fourth-order valence-electron chi connectivity index (χ4n) is 3.71. The summed E-state index contributed by atoms with van der Waals surface area (Å²) in [6.45, 7) is 7.58. The van der Waals surface area contributed by atoms with Crippen molar-refractivity contribution in [3.05, 3.63) is 24.0 Å². The Hall–Kier alpha value is -2.55. The highest BCUT2D eigenvalue weighted by Crippen LogP contribution is 2.26. The topological polar surface area (TPSA) is 107 Å². The van der Waals surface area contributed by atoms with E-state index in [0.717, 1.165) is 12.8 Å². The molecule has 0 bridgehead atoms. The fraction of sp³-hybridized carbons (Fsp3) is 0.650. The van der Waals surface area contributed by atoms with E-state index in [0.29, 0.717) is 25.3 Å². The minimum atomic E-state index is -0.770. The van der Waals surface area contributed by atoms with Crippen molar-refractivity contribution < 1.29 is 23.9 Å². The van der Waals surface area contributed by atoms with Gasteiger partial charge in [0.05, 0.1) is 13.2 Å². The molecule has 1 unspecified atom stereocenters. The largest absolute Gasteiger partial charge is 0.444 e. The molecule has 2 saturated heterocycles. The molecule has 0 aliphatic carbocycles. The smallest absolute Gasteiger partial charge is 0.410 e. The monoisotopic (exact) mass is 406 g/mol. The van der Waals surface area contributed by atoms with Gasteiger partial charge in [-0.05, 0) is 45.7 Å². The summed E-state index contributed by atoms with van der Waals surface area (Å²) in [5.74, 6) is -0.702. The summed E-state index contributed by atoms with van der Waals surface area (Å²) in [6.07, 6.45) is 2.30. The second kappa shape index (κ2) is 8.44. The second-order valence-electron chi connectivity index (χ2n) is 8.51. The molecule has 0 saturated carbocycles. The molecule has 160 valence electrons. The Morgan fingerprint density at radius 2 is 1.83 bits per heavy atom. The Morgan fingerprint density at radius 1 is 1.14 bits per heavy atom. The van der Waals surface area contributed by atoms with Gasteiger partial charge in [-0.2, -0.15) is 0 Å². The van der Waals surface area contributed by atoms with Crippen LogP contribution in [-0.4, -0.2) is 76.8 Å². The van der Waals surface area contributed by atoms with Gasteiger partial charge in [0.25, 0.3) is 5.91 Å². The number of primary amides is 1. The molecule has 9 nitrogen and oxygen atoms in total. The molecule has 2 fully saturated rings. The molecular formula is C20H30N4O5. The lowest BCUT2D eigenvalue weighted by Gasteiger charge is -2.35. The molecule has 3 rings (SSSR count). The van der Waals surface area contributed by atoms with Crippen LogP contribution in [-0.2, 0) is 14.3 Å². The maximum atomic E-state index is 13.0. The molecule has 2 aliphatic rings. The standard InChI is InChI=1S/C20H30N4O5/c1-20(2,3)29-19(27)22-9-6-14(7-10-22)24-8-4-5-15(24)18(26)23-11-12-28-16(13-23)17(21)25/h4-5,8,14,16H,6-7,9-13H2,1-3H3,(H2,21,25). The van der Waals surface area contributed by atoms with E-state index in [2.05, 4.69) is 0 Å². The summed E-state index contributed by atoms with van der Waals surface area (Å²) >= 11 is 0. The molecule has 1 atom stereocenters. The van der Waals surface area contributed by atoms with Crippen molar-refractivity contribution in [1.82, 2.24) is 14.4 Å². The van der Waals surface area contributed by atoms with Crippen molar-refractivity contribution in [2.75, 3.05) is 32.8 Å². The van der Waals surface area contributed by atoms with Gasteiger partial charge in [-0.3, -0.25) is 9.59 Å². The van der Waals surface area contributed by atoms with E-state index < -0.39 is 17.6 Å². The molecule has 9 heteroatoms. The molecule has 2 aliphatic heterocycles. The van der Waals surface area contributed by atoms with Gasteiger partial charge in [-0.1, -0.05) is 0 Å². The third-order valence-corrected chi connectivity index (χ3v) is 5.18. The maximum absolute atomic E-state index is 13.0. The highest BCUT2D eigenvalue weighted by atomic mass is 16.6. The zero-order chi connectivity index (χ0) is 21.2. The van der Waals surface area contributed by atoms with Gasteiger partial charge in [0.15, 0.2) is 6.10 Å². The molecule has 29 heavy (non-hydrogen) atoms. The first-order valence-electron chi connectivity index (χ1n) is 10.0. The number of aromatic nitrogens is 1. The highest BCUT2D eigenvalue weighted by molar-refractivity contribution is 5.93. The summed E-state index contributed by atoms with van der Waals surface area (Å²) in [6, 6.07) is 3.76. The van der Waals surface area contributed by atoms with Crippen molar-refractivity contribution in [3.63, 3.8) is 0 Å². The van der Waals surface area contributed by atoms with Gasteiger partial charge < -0.3 is 29.6 Å². The first-order valence-corrected chi connectivity index (χ1v) is 10.0. The Kier molecular flexibility index (Phi) is 6.16. The number of nitrogens with two attached hydrogens (primary N) is 1. The summed E-state index contributed by atoms with van der Waals surface area (Å²) in [5, 5.41) is 0. The van der Waals surface area contributed by atoms with Gasteiger partial charge in [-0.15, -0.1) is 0 Å². The van der Waals surface area contributed by atoms with E-state index in [-0.39, 0.29) is 31.2 Å². The van der Waals surface area contributed by atoms with Crippen LogP contribution in [0.15, 0.2) is 18.3 Å². The number of rotatable bonds is 3. The third kappa shape index (κ3) is 5.09. The van der Waals surface area contributed by atoms with Crippen molar-refractivity contribution in [3.8, 4) is 0 Å². The number of piperidine rings is 1. The van der Waals surface area contributed by atoms with Crippen LogP contribution >= 0.6 is 0 Å². The molecule has 2 N–H and O–H groups in total. The number of hydrogen-bond donors (Lipinski definition) is 1. The number of ether oxygens (including phenoxy) is 2. The van der Waals surface area contributed by atoms with E-state index in [9.17, 15) is 14.4 Å². The first kappa shape index (κ1) is 21.2. The maximum Gasteiger partial charge on any atom is 0.410 e. The van der Waals surface area contributed by atoms with Crippen LogP contribution in [0, 0.1) is 0 Å². The van der Waals surface area contributed by atoms with Crippen molar-refractivity contribution in [2.24, 2.45) is 5.73 Å². The number of morpholine rings is 1. The Morgan fingerprint density at radius 3 is 2.45 bits per heavy atom. The SMILES string of the molecule is CC(C)(C)OC(=O)N1CCC(n2cccc2C(=O)N2CCOC(C(N)=O)C2)CC1. The molecular weight excluding hydrogens is 376 g/mol. The van der Waals surface area contributed by atoms with Crippen LogP contribution in [0.5, 0.6) is 0 Å². The van der Waals surface area contributed by atoms with Crippen LogP contribution < -0.4 is 5.73 Å². The number of carbonyl (C=O) groups excluding carboxylic acids is 3. The summed E-state index contributed by atoms with van der Waals surface area (Å²) in [7, 11) is 0. The van der Waals surface area contributed by atoms with Crippen LogP contribution in [0.4, 0.5) is 4.79 Å². The number of nitrogens with zero attached hydrogens (tertiary/aromatic N) is 3. The zero-order valence-corrected chi connectivity index (χ0v) is 17.3. The van der Waals surface area contributed by atoms with E-state index in [4.69, 9.17) is 15.2 Å². The average molecular weight is 406 g/mol. The summed E-state index contributed by atoms with van der Waals surface area (Å²) in [4.78, 5) is 40.0. The predicted octanol–water partition coefficient (Wildman–Crippen LogP) is 1.39. The lowest BCUT2D eigenvalue weighted by atomic mass is 10.0. The third-order valence-electron chi connectivity index (χ3n) is 5.18. The van der Waals surface area contributed by atoms with Gasteiger partial charge in [0, 0.05) is 31.9 Å². The quantitative estimate of drug-likeness (QED) is 0.816. The number of likely N-dealkylation sites (tertiary alicyclic amines) is 1. The van der Waals surface area contributed by atoms with Gasteiger partial charge in [0.1, 0.15) is 11.3 Å². The van der Waals surface area contributed by atoms with Crippen molar-refractivity contribution in [1.29, 1.82) is 0 Å². The lowest BCUT2D eigenvalue weighted by molar-refractivity contribution is -0.133. The van der Waals surface area contributed by atoms with Crippen LogP contribution in [0.1, 0.15) is 50.1 Å².